The molecule has 3 nitrogen and oxygen atoms in total. The van der Waals surface area contributed by atoms with Crippen LogP contribution < -0.4 is 4.74 Å². The van der Waals surface area contributed by atoms with Crippen LogP contribution in [0.5, 0.6) is 11.5 Å². The van der Waals surface area contributed by atoms with E-state index in [9.17, 15) is 9.18 Å². The Labute approximate surface area is 121 Å². The van der Waals surface area contributed by atoms with Crippen LogP contribution >= 0.6 is 27.5 Å². The van der Waals surface area contributed by atoms with E-state index in [4.69, 9.17) is 21.4 Å². The summed E-state index contributed by atoms with van der Waals surface area (Å²) < 4.78 is 18.8. The molecule has 2 aromatic rings. The molecule has 0 radical (unpaired) electrons. The van der Waals surface area contributed by atoms with Crippen molar-refractivity contribution in [3.8, 4) is 11.5 Å². The molecule has 0 atom stereocenters. The maximum atomic E-state index is 13.1. The zero-order valence-electron chi connectivity index (χ0n) is 9.36. The van der Waals surface area contributed by atoms with Gasteiger partial charge in [0.15, 0.2) is 0 Å². The Morgan fingerprint density at radius 1 is 1.26 bits per heavy atom. The van der Waals surface area contributed by atoms with Crippen molar-refractivity contribution in [2.45, 2.75) is 0 Å². The van der Waals surface area contributed by atoms with Crippen LogP contribution in [0.4, 0.5) is 4.39 Å². The quantitative estimate of drug-likeness (QED) is 0.874. The summed E-state index contributed by atoms with van der Waals surface area (Å²) in [5.41, 5.74) is 0.109. The van der Waals surface area contributed by atoms with Crippen molar-refractivity contribution in [3.63, 3.8) is 0 Å². The van der Waals surface area contributed by atoms with E-state index in [2.05, 4.69) is 15.9 Å². The molecule has 98 valence electrons. The molecule has 0 fully saturated rings. The van der Waals surface area contributed by atoms with Gasteiger partial charge in [-0.25, -0.2) is 9.18 Å². The lowest BCUT2D eigenvalue weighted by Crippen LogP contribution is -1.97. The lowest BCUT2D eigenvalue weighted by molar-refractivity contribution is 0.0696. The second-order valence-electron chi connectivity index (χ2n) is 3.62. The van der Waals surface area contributed by atoms with Crippen LogP contribution in [0.1, 0.15) is 10.4 Å². The Balaban J connectivity index is 2.31. The third-order valence-electron chi connectivity index (χ3n) is 2.29. The molecule has 0 amide bonds. The van der Waals surface area contributed by atoms with Crippen molar-refractivity contribution >= 4 is 33.5 Å². The minimum atomic E-state index is -1.05. The SMILES string of the molecule is O=C(O)c1ccc(Oc2cc(F)ccc2Cl)cc1Br. The highest BCUT2D eigenvalue weighted by Gasteiger charge is 2.10. The lowest BCUT2D eigenvalue weighted by Gasteiger charge is -2.09. The summed E-state index contributed by atoms with van der Waals surface area (Å²) in [6.07, 6.45) is 0. The predicted octanol–water partition coefficient (Wildman–Crippen LogP) is 4.73. The molecule has 19 heavy (non-hydrogen) atoms. The summed E-state index contributed by atoms with van der Waals surface area (Å²) in [6.45, 7) is 0. The molecule has 1 N–H and O–H groups in total. The molecule has 0 saturated heterocycles. The van der Waals surface area contributed by atoms with Gasteiger partial charge in [0.25, 0.3) is 0 Å². The number of hydrogen-bond acceptors (Lipinski definition) is 2. The maximum Gasteiger partial charge on any atom is 0.336 e. The zero-order chi connectivity index (χ0) is 14.0. The first-order chi connectivity index (χ1) is 8.97. The summed E-state index contributed by atoms with van der Waals surface area (Å²) in [7, 11) is 0. The highest BCUT2D eigenvalue weighted by atomic mass is 79.9. The second-order valence-corrected chi connectivity index (χ2v) is 4.89. The smallest absolute Gasteiger partial charge is 0.336 e. The fourth-order valence-electron chi connectivity index (χ4n) is 1.42. The van der Waals surface area contributed by atoms with E-state index in [0.29, 0.717) is 10.2 Å². The highest BCUT2D eigenvalue weighted by molar-refractivity contribution is 9.10. The predicted molar refractivity (Wildman–Crippen MR) is 72.6 cm³/mol. The van der Waals surface area contributed by atoms with Crippen molar-refractivity contribution in [2.24, 2.45) is 0 Å². The van der Waals surface area contributed by atoms with E-state index in [1.165, 1.54) is 30.3 Å². The van der Waals surface area contributed by atoms with Gasteiger partial charge in [0.1, 0.15) is 17.3 Å². The standard InChI is InChI=1S/C13H7BrClFO3/c14-10-6-8(2-3-9(10)13(17)18)19-12-5-7(16)1-4-11(12)15/h1-6H,(H,17,18). The van der Waals surface area contributed by atoms with Crippen LogP contribution in [0.15, 0.2) is 40.9 Å². The van der Waals surface area contributed by atoms with Crippen LogP contribution in [0.2, 0.25) is 5.02 Å². The molecule has 0 aliphatic heterocycles. The Kier molecular flexibility index (Phi) is 4.07. The first-order valence-corrected chi connectivity index (χ1v) is 6.30. The minimum Gasteiger partial charge on any atom is -0.478 e. The molecule has 0 unspecified atom stereocenters. The average Bonchev–Trinajstić information content (AvgIpc) is 2.33. The number of carboxylic acids is 1. The Morgan fingerprint density at radius 2 is 2.00 bits per heavy atom. The number of aromatic carboxylic acids is 1. The number of hydrogen-bond donors (Lipinski definition) is 1. The van der Waals surface area contributed by atoms with Gasteiger partial charge in [-0.05, 0) is 46.3 Å². The van der Waals surface area contributed by atoms with Crippen molar-refractivity contribution in [2.75, 3.05) is 0 Å². The van der Waals surface area contributed by atoms with Crippen LogP contribution in [0, 0.1) is 5.82 Å². The lowest BCUT2D eigenvalue weighted by atomic mass is 10.2. The Hall–Kier alpha value is -1.59. The zero-order valence-corrected chi connectivity index (χ0v) is 11.7. The molecule has 6 heteroatoms. The monoisotopic (exact) mass is 344 g/mol. The summed E-state index contributed by atoms with van der Waals surface area (Å²) in [6, 6.07) is 8.09. The fraction of sp³-hybridized carbons (Fsp3) is 0. The molecule has 0 aromatic heterocycles. The normalized spacial score (nSPS) is 10.3. The first kappa shape index (κ1) is 13.8. The maximum absolute atomic E-state index is 13.1. The highest BCUT2D eigenvalue weighted by Crippen LogP contribution is 2.32. The second kappa shape index (κ2) is 5.59. The Morgan fingerprint density at radius 3 is 2.63 bits per heavy atom. The third kappa shape index (κ3) is 3.24. The van der Waals surface area contributed by atoms with Crippen LogP contribution in [-0.2, 0) is 0 Å². The molecule has 0 heterocycles. The number of carboxylic acid groups (broad SMARTS) is 1. The van der Waals surface area contributed by atoms with Crippen LogP contribution in [0.3, 0.4) is 0 Å². The van der Waals surface area contributed by atoms with Gasteiger partial charge >= 0.3 is 5.97 Å². The molecular weight excluding hydrogens is 338 g/mol. The molecule has 0 aliphatic rings. The largest absolute Gasteiger partial charge is 0.478 e. The van der Waals surface area contributed by atoms with Crippen molar-refractivity contribution in [3.05, 3.63) is 57.3 Å². The molecule has 0 aliphatic carbocycles. The molecular formula is C13H7BrClFO3. The van der Waals surface area contributed by atoms with Crippen molar-refractivity contribution in [1.29, 1.82) is 0 Å². The third-order valence-corrected chi connectivity index (χ3v) is 3.26. The average molecular weight is 346 g/mol. The van der Waals surface area contributed by atoms with E-state index in [-0.39, 0.29) is 16.3 Å². The summed E-state index contributed by atoms with van der Waals surface area (Å²) in [4.78, 5) is 10.8. The molecule has 2 rings (SSSR count). The number of carbonyl (C=O) groups is 1. The van der Waals surface area contributed by atoms with Crippen LogP contribution in [0.25, 0.3) is 0 Å². The number of ether oxygens (including phenoxy) is 1. The first-order valence-electron chi connectivity index (χ1n) is 5.13. The van der Waals surface area contributed by atoms with E-state index >= 15 is 0 Å². The Bertz CT molecular complexity index is 646. The molecule has 2 aromatic carbocycles. The number of benzene rings is 2. The minimum absolute atomic E-state index is 0.109. The molecule has 0 spiro atoms. The summed E-state index contributed by atoms with van der Waals surface area (Å²) >= 11 is 9.00. The summed E-state index contributed by atoms with van der Waals surface area (Å²) in [5, 5.41) is 9.15. The van der Waals surface area contributed by atoms with Gasteiger partial charge in [-0.15, -0.1) is 0 Å². The van der Waals surface area contributed by atoms with Gasteiger partial charge in [-0.1, -0.05) is 11.6 Å². The van der Waals surface area contributed by atoms with Crippen LogP contribution in [-0.4, -0.2) is 11.1 Å². The van der Waals surface area contributed by atoms with Gasteiger partial charge in [0, 0.05) is 10.5 Å². The topological polar surface area (TPSA) is 46.5 Å². The molecule has 0 bridgehead atoms. The number of rotatable bonds is 3. The van der Waals surface area contributed by atoms with Gasteiger partial charge in [0.2, 0.25) is 0 Å². The van der Waals surface area contributed by atoms with E-state index in [0.717, 1.165) is 6.07 Å². The van der Waals surface area contributed by atoms with E-state index in [1.54, 1.807) is 0 Å². The van der Waals surface area contributed by atoms with Gasteiger partial charge in [-0.3, -0.25) is 0 Å². The van der Waals surface area contributed by atoms with Gasteiger partial charge in [0.05, 0.1) is 10.6 Å². The summed E-state index contributed by atoms with van der Waals surface area (Å²) in [5.74, 6) is -1.01. The number of halogens is 3. The van der Waals surface area contributed by atoms with E-state index < -0.39 is 11.8 Å². The fourth-order valence-corrected chi connectivity index (χ4v) is 2.10. The van der Waals surface area contributed by atoms with Crippen molar-refractivity contribution in [1.82, 2.24) is 0 Å². The molecule has 0 saturated carbocycles. The van der Waals surface area contributed by atoms with Crippen molar-refractivity contribution < 1.29 is 19.0 Å². The van der Waals surface area contributed by atoms with Gasteiger partial charge in [-0.2, -0.15) is 0 Å². The van der Waals surface area contributed by atoms with E-state index in [1.807, 2.05) is 0 Å². The van der Waals surface area contributed by atoms with Gasteiger partial charge < -0.3 is 9.84 Å².